The minimum atomic E-state index is -0.513. The van der Waals surface area contributed by atoms with Crippen LogP contribution in [0.5, 0.6) is 11.5 Å². The maximum atomic E-state index is 14.2. The highest BCUT2D eigenvalue weighted by Gasteiger charge is 2.43. The zero-order valence-electron chi connectivity index (χ0n) is 22.4. The molecule has 0 saturated heterocycles. The fourth-order valence-corrected chi connectivity index (χ4v) is 6.27. The molecule has 6 nitrogen and oxygen atoms in total. The number of carbonyl (C=O) groups excluding carboxylic acids is 2. The molecule has 0 aromatic heterocycles. The van der Waals surface area contributed by atoms with Crippen LogP contribution in [-0.2, 0) is 20.9 Å². The Hall–Kier alpha value is -3.16. The minimum absolute atomic E-state index is 0.0243. The average Bonchev–Trinajstić information content (AvgIpc) is 2.93. The highest BCUT2D eigenvalue weighted by molar-refractivity contribution is 6.32. The summed E-state index contributed by atoms with van der Waals surface area (Å²) >= 11 is 6.75. The van der Waals surface area contributed by atoms with E-state index in [1.807, 2.05) is 0 Å². The standard InChI is InChI=1S/C31H33ClFNO5/c1-37-15-7-14-34-23-10-5-12-25(35)29(23)28(30-24(34)11-6-13-26(30)36)20-16-21(32)31(27(17-20)38-2)39-18-19-8-3-4-9-22(19)33/h3-4,8-9,16-17,28H,5-7,10-15,18H2,1-2H3. The van der Waals surface area contributed by atoms with Crippen LogP contribution in [0.1, 0.15) is 62.0 Å². The van der Waals surface area contributed by atoms with E-state index in [2.05, 4.69) is 4.90 Å². The summed E-state index contributed by atoms with van der Waals surface area (Å²) in [5.41, 5.74) is 4.51. The van der Waals surface area contributed by atoms with Crippen molar-refractivity contribution in [2.24, 2.45) is 0 Å². The second-order valence-corrected chi connectivity index (χ2v) is 10.5. The molecule has 2 aromatic carbocycles. The SMILES string of the molecule is COCCCN1C2=C(C(=O)CCC2)C(c2cc(Cl)c(OCc3ccccc3F)c(OC)c2)C2=C1CCCC2=O. The minimum Gasteiger partial charge on any atom is -0.493 e. The van der Waals surface area contributed by atoms with Crippen LogP contribution in [-0.4, -0.2) is 43.8 Å². The van der Waals surface area contributed by atoms with Crippen molar-refractivity contribution >= 4 is 23.2 Å². The van der Waals surface area contributed by atoms with E-state index in [-0.39, 0.29) is 34.8 Å². The highest BCUT2D eigenvalue weighted by Crippen LogP contribution is 2.51. The molecule has 39 heavy (non-hydrogen) atoms. The Morgan fingerprint density at radius 1 is 0.974 bits per heavy atom. The first-order valence-electron chi connectivity index (χ1n) is 13.5. The van der Waals surface area contributed by atoms with Crippen LogP contribution in [0.2, 0.25) is 5.02 Å². The van der Waals surface area contributed by atoms with Crippen LogP contribution >= 0.6 is 11.6 Å². The summed E-state index contributed by atoms with van der Waals surface area (Å²) in [5, 5.41) is 0.277. The Labute approximate surface area is 233 Å². The van der Waals surface area contributed by atoms with Crippen LogP contribution in [0, 0.1) is 5.82 Å². The molecular formula is C31H33ClFNO5. The maximum Gasteiger partial charge on any atom is 0.180 e. The lowest BCUT2D eigenvalue weighted by Gasteiger charge is -2.44. The summed E-state index contributed by atoms with van der Waals surface area (Å²) < 4.78 is 31.0. The van der Waals surface area contributed by atoms with Crippen LogP contribution in [0.3, 0.4) is 0 Å². The molecule has 1 aliphatic heterocycles. The van der Waals surface area contributed by atoms with Gasteiger partial charge in [0.05, 0.1) is 12.1 Å². The van der Waals surface area contributed by atoms with Gasteiger partial charge >= 0.3 is 0 Å². The van der Waals surface area contributed by atoms with E-state index >= 15 is 0 Å². The zero-order valence-corrected chi connectivity index (χ0v) is 23.1. The molecule has 0 unspecified atom stereocenters. The third kappa shape index (κ3) is 5.35. The predicted octanol–water partition coefficient (Wildman–Crippen LogP) is 6.52. The number of rotatable bonds is 9. The molecule has 0 amide bonds. The molecule has 0 saturated carbocycles. The van der Waals surface area contributed by atoms with Crippen molar-refractivity contribution in [2.75, 3.05) is 27.4 Å². The molecular weight excluding hydrogens is 521 g/mol. The molecule has 0 radical (unpaired) electrons. The largest absolute Gasteiger partial charge is 0.493 e. The van der Waals surface area contributed by atoms with Gasteiger partial charge in [0.25, 0.3) is 0 Å². The van der Waals surface area contributed by atoms with Crippen molar-refractivity contribution in [1.29, 1.82) is 0 Å². The number of nitrogens with zero attached hydrogens (tertiary/aromatic N) is 1. The second kappa shape index (κ2) is 11.9. The smallest absolute Gasteiger partial charge is 0.180 e. The lowest BCUT2D eigenvalue weighted by atomic mass is 9.71. The Kier molecular flexibility index (Phi) is 8.38. The second-order valence-electron chi connectivity index (χ2n) is 10.1. The summed E-state index contributed by atoms with van der Waals surface area (Å²) in [6.07, 6.45) is 4.84. The number of methoxy groups -OCH3 is 2. The van der Waals surface area contributed by atoms with Gasteiger partial charge in [-0.25, -0.2) is 4.39 Å². The Morgan fingerprint density at radius 3 is 2.26 bits per heavy atom. The van der Waals surface area contributed by atoms with Gasteiger partial charge in [-0.05, 0) is 55.9 Å². The summed E-state index contributed by atoms with van der Waals surface area (Å²) in [4.78, 5) is 29.2. The average molecular weight is 554 g/mol. The lowest BCUT2D eigenvalue weighted by Crippen LogP contribution is -2.39. The van der Waals surface area contributed by atoms with Crippen molar-refractivity contribution in [3.63, 3.8) is 0 Å². The van der Waals surface area contributed by atoms with Crippen molar-refractivity contribution in [1.82, 2.24) is 4.90 Å². The molecule has 1 heterocycles. The molecule has 206 valence electrons. The highest BCUT2D eigenvalue weighted by atomic mass is 35.5. The van der Waals surface area contributed by atoms with Gasteiger partial charge in [-0.15, -0.1) is 0 Å². The number of halogens is 2. The number of carbonyl (C=O) groups is 2. The normalized spacial score (nSPS) is 17.9. The number of ether oxygens (including phenoxy) is 3. The topological polar surface area (TPSA) is 65.1 Å². The molecule has 0 fully saturated rings. The Bertz CT molecular complexity index is 1310. The van der Waals surface area contributed by atoms with Crippen LogP contribution in [0.25, 0.3) is 0 Å². The molecule has 3 aliphatic rings. The zero-order chi connectivity index (χ0) is 27.5. The monoisotopic (exact) mass is 553 g/mol. The third-order valence-electron chi connectivity index (χ3n) is 7.73. The van der Waals surface area contributed by atoms with E-state index in [1.54, 1.807) is 37.4 Å². The van der Waals surface area contributed by atoms with Crippen LogP contribution in [0.15, 0.2) is 58.9 Å². The molecule has 0 atom stereocenters. The number of ketones is 2. The Balaban J connectivity index is 1.58. The van der Waals surface area contributed by atoms with Gasteiger partial charge in [0.2, 0.25) is 0 Å². The number of hydrogen-bond donors (Lipinski definition) is 0. The molecule has 5 rings (SSSR count). The molecule has 8 heteroatoms. The summed E-state index contributed by atoms with van der Waals surface area (Å²) in [6, 6.07) is 9.94. The van der Waals surface area contributed by atoms with E-state index in [0.29, 0.717) is 48.5 Å². The predicted molar refractivity (Wildman–Crippen MR) is 146 cm³/mol. The van der Waals surface area contributed by atoms with Crippen LogP contribution < -0.4 is 9.47 Å². The molecule has 0 N–H and O–H groups in total. The first-order valence-corrected chi connectivity index (χ1v) is 13.8. The fourth-order valence-electron chi connectivity index (χ4n) is 6.00. The quantitative estimate of drug-likeness (QED) is 0.330. The van der Waals surface area contributed by atoms with E-state index < -0.39 is 5.92 Å². The summed E-state index contributed by atoms with van der Waals surface area (Å²) in [5.74, 6) is -0.0900. The van der Waals surface area contributed by atoms with Gasteiger partial charge in [0, 0.05) is 67.1 Å². The summed E-state index contributed by atoms with van der Waals surface area (Å²) in [6.45, 7) is 1.28. The van der Waals surface area contributed by atoms with Gasteiger partial charge in [0.1, 0.15) is 12.4 Å². The van der Waals surface area contributed by atoms with Gasteiger partial charge in [-0.1, -0.05) is 29.8 Å². The van der Waals surface area contributed by atoms with Crippen molar-refractivity contribution in [3.8, 4) is 11.5 Å². The molecule has 2 aliphatic carbocycles. The van der Waals surface area contributed by atoms with Gasteiger partial charge in [-0.3, -0.25) is 9.59 Å². The lowest BCUT2D eigenvalue weighted by molar-refractivity contribution is -0.117. The number of benzene rings is 2. The number of hydrogen-bond acceptors (Lipinski definition) is 6. The third-order valence-corrected chi connectivity index (χ3v) is 8.01. The first kappa shape index (κ1) is 27.4. The van der Waals surface area contributed by atoms with Crippen molar-refractivity contribution < 1.29 is 28.2 Å². The van der Waals surface area contributed by atoms with Crippen molar-refractivity contribution in [3.05, 3.63) is 80.9 Å². The molecule has 0 spiro atoms. The van der Waals surface area contributed by atoms with Crippen molar-refractivity contribution in [2.45, 2.75) is 57.5 Å². The first-order chi connectivity index (χ1) is 18.9. The molecule has 0 bridgehead atoms. The number of Topliss-reactive ketones (excluding diaryl/α,β-unsaturated/α-hetero) is 2. The summed E-state index contributed by atoms with van der Waals surface area (Å²) in [7, 11) is 3.19. The van der Waals surface area contributed by atoms with E-state index in [0.717, 1.165) is 49.1 Å². The van der Waals surface area contributed by atoms with Gasteiger partial charge in [0.15, 0.2) is 23.1 Å². The fraction of sp³-hybridized carbons (Fsp3) is 0.419. The Morgan fingerprint density at radius 2 is 1.64 bits per heavy atom. The van der Waals surface area contributed by atoms with Gasteiger partial charge in [-0.2, -0.15) is 0 Å². The van der Waals surface area contributed by atoms with E-state index in [4.69, 9.17) is 25.8 Å². The number of allylic oxidation sites excluding steroid dienone is 4. The maximum absolute atomic E-state index is 14.2. The van der Waals surface area contributed by atoms with Gasteiger partial charge < -0.3 is 19.1 Å². The van der Waals surface area contributed by atoms with Crippen LogP contribution in [0.4, 0.5) is 4.39 Å². The van der Waals surface area contributed by atoms with E-state index in [9.17, 15) is 14.0 Å². The van der Waals surface area contributed by atoms with E-state index in [1.165, 1.54) is 13.2 Å². The molecule has 2 aromatic rings.